The van der Waals surface area contributed by atoms with Gasteiger partial charge in [-0.25, -0.2) is 4.52 Å². The molecule has 2 heterocycles. The maximum atomic E-state index is 11.4. The van der Waals surface area contributed by atoms with E-state index in [-0.39, 0.29) is 6.61 Å². The molecule has 1 aromatic rings. The Labute approximate surface area is 157 Å². The summed E-state index contributed by atoms with van der Waals surface area (Å²) in [5, 5.41) is 32.0. The summed E-state index contributed by atoms with van der Waals surface area (Å²) < 4.78 is 18.4. The molecule has 1 aliphatic rings. The molecule has 1 saturated heterocycles. The molecule has 0 bridgehead atoms. The molecule has 1 amide bonds. The third kappa shape index (κ3) is 6.02. The van der Waals surface area contributed by atoms with Crippen molar-refractivity contribution in [3.8, 4) is 12.3 Å². The van der Waals surface area contributed by atoms with Crippen LogP contribution in [-0.2, 0) is 27.4 Å². The minimum Gasteiger partial charge on any atom is -0.394 e. The fraction of sp³-hybridized carbons (Fsp3) is 0.667. The number of unbranched alkanes of at least 4 members (excludes halogenated alkanes) is 2. The van der Waals surface area contributed by atoms with Crippen molar-refractivity contribution < 1.29 is 38.9 Å². The molecule has 0 aromatic carbocycles. The van der Waals surface area contributed by atoms with Crippen LogP contribution in [0.4, 0.5) is 0 Å². The molecule has 0 spiro atoms. The Hall–Kier alpha value is -1.96. The summed E-state index contributed by atoms with van der Waals surface area (Å²) in [5.74, 6) is 2.71. The van der Waals surface area contributed by atoms with Crippen LogP contribution in [0.3, 0.4) is 0 Å². The third-order valence-corrected chi connectivity index (χ3v) is 4.25. The molecule has 27 heavy (non-hydrogen) atoms. The summed E-state index contributed by atoms with van der Waals surface area (Å²) in [6, 6.07) is 0.762. The molecule has 2 unspecified atom stereocenters. The second kappa shape index (κ2) is 10.4. The van der Waals surface area contributed by atoms with Crippen molar-refractivity contribution in [2.75, 3.05) is 6.61 Å². The van der Waals surface area contributed by atoms with Crippen LogP contribution < -0.4 is 10.1 Å². The van der Waals surface area contributed by atoms with Crippen molar-refractivity contribution in [2.24, 2.45) is 0 Å². The van der Waals surface area contributed by atoms with Gasteiger partial charge in [-0.3, -0.25) is 4.79 Å². The van der Waals surface area contributed by atoms with Gasteiger partial charge in [-0.1, -0.05) is 0 Å². The number of carbonyl (C=O) groups excluding carboxylic acids is 1. The summed E-state index contributed by atoms with van der Waals surface area (Å²) in [5.41, 5.74) is 0. The number of nitrogens with one attached hydrogen (secondary N) is 1. The number of hydrogen-bond donors (Lipinski definition) is 4. The molecule has 5 atom stereocenters. The second-order valence-electron chi connectivity index (χ2n) is 6.42. The largest absolute Gasteiger partial charge is 0.394 e. The first-order chi connectivity index (χ1) is 13.0. The highest BCUT2D eigenvalue weighted by atomic mass is 16.7. The van der Waals surface area contributed by atoms with E-state index in [1.54, 1.807) is 17.0 Å². The molecular formula is C18H27N2O7+. The molecule has 0 radical (unpaired) electrons. The van der Waals surface area contributed by atoms with Crippen molar-refractivity contribution in [1.82, 2.24) is 5.32 Å². The van der Waals surface area contributed by atoms with Gasteiger partial charge in [0.25, 0.3) is 0 Å². The highest BCUT2D eigenvalue weighted by Crippen LogP contribution is 2.23. The first-order valence-corrected chi connectivity index (χ1v) is 8.89. The molecule has 150 valence electrons. The Morgan fingerprint density at radius 1 is 1.41 bits per heavy atom. The van der Waals surface area contributed by atoms with Crippen LogP contribution in [0.5, 0.6) is 0 Å². The zero-order valence-electron chi connectivity index (χ0n) is 15.3. The molecular weight excluding hydrogens is 356 g/mol. The lowest BCUT2D eigenvalue weighted by Gasteiger charge is -2.41. The Kier molecular flexibility index (Phi) is 8.22. The molecule has 1 aromatic heterocycles. The Balaban J connectivity index is 1.94. The predicted molar refractivity (Wildman–Crippen MR) is 91.7 cm³/mol. The highest BCUT2D eigenvalue weighted by molar-refractivity contribution is 5.73. The van der Waals surface area contributed by atoms with E-state index < -0.39 is 43.2 Å². The fourth-order valence-electron chi connectivity index (χ4n) is 2.84. The van der Waals surface area contributed by atoms with Crippen LogP contribution in [0.15, 0.2) is 16.8 Å². The van der Waals surface area contributed by atoms with Crippen molar-refractivity contribution in [2.45, 2.75) is 70.0 Å². The van der Waals surface area contributed by atoms with Crippen molar-refractivity contribution in [3.05, 3.63) is 18.0 Å². The average molecular weight is 383 g/mol. The number of terminal acetylenes is 1. The van der Waals surface area contributed by atoms with Crippen LogP contribution >= 0.6 is 0 Å². The van der Waals surface area contributed by atoms with E-state index in [2.05, 4.69) is 11.2 Å². The molecule has 9 heteroatoms. The van der Waals surface area contributed by atoms with E-state index >= 15 is 0 Å². The second-order valence-corrected chi connectivity index (χ2v) is 6.42. The first kappa shape index (κ1) is 21.3. The molecule has 4 N–H and O–H groups in total. The lowest BCUT2D eigenvalue weighted by molar-refractivity contribution is -0.865. The predicted octanol–water partition coefficient (Wildman–Crippen LogP) is -1.17. The number of aromatic nitrogens is 1. The van der Waals surface area contributed by atoms with Crippen LogP contribution in [0.1, 0.15) is 31.9 Å². The molecule has 1 aliphatic heterocycles. The van der Waals surface area contributed by atoms with E-state index in [9.17, 15) is 20.1 Å². The Morgan fingerprint density at radius 2 is 2.19 bits per heavy atom. The average Bonchev–Trinajstić information content (AvgIpc) is 3.09. The SMILES string of the molecule is C#CCCCC[n+]1ccc(CO[C@@H]2OC(CO)[C@@H](O)[C@H](O)C2NC(C)=O)o1. The first-order valence-electron chi connectivity index (χ1n) is 8.89. The van der Waals surface area contributed by atoms with Gasteiger partial charge in [0.1, 0.15) is 31.0 Å². The summed E-state index contributed by atoms with van der Waals surface area (Å²) in [7, 11) is 0. The maximum absolute atomic E-state index is 11.4. The zero-order chi connectivity index (χ0) is 19.8. The van der Waals surface area contributed by atoms with Gasteiger partial charge in [-0.2, -0.15) is 0 Å². The summed E-state index contributed by atoms with van der Waals surface area (Å²) in [6.45, 7) is 1.50. The minimum atomic E-state index is -1.35. The van der Waals surface area contributed by atoms with Crippen LogP contribution in [-0.4, -0.2) is 58.5 Å². The van der Waals surface area contributed by atoms with E-state index in [4.69, 9.17) is 20.4 Å². The third-order valence-electron chi connectivity index (χ3n) is 4.25. The number of aliphatic hydroxyl groups is 3. The van der Waals surface area contributed by atoms with Gasteiger partial charge in [-0.15, -0.1) is 12.3 Å². The van der Waals surface area contributed by atoms with Gasteiger partial charge >= 0.3 is 0 Å². The Bertz CT molecular complexity index is 642. The van der Waals surface area contributed by atoms with E-state index in [1.807, 2.05) is 0 Å². The van der Waals surface area contributed by atoms with Gasteiger partial charge in [0.05, 0.1) is 12.7 Å². The van der Waals surface area contributed by atoms with Crippen molar-refractivity contribution in [1.29, 1.82) is 0 Å². The number of aryl methyl sites for hydroxylation is 1. The lowest BCUT2D eigenvalue weighted by atomic mass is 9.97. The number of carbonyl (C=O) groups is 1. The van der Waals surface area contributed by atoms with E-state index in [0.29, 0.717) is 12.3 Å². The van der Waals surface area contributed by atoms with Crippen LogP contribution in [0.25, 0.3) is 0 Å². The topological polar surface area (TPSA) is 125 Å². The van der Waals surface area contributed by atoms with Crippen LogP contribution in [0.2, 0.25) is 0 Å². The summed E-state index contributed by atoms with van der Waals surface area (Å²) in [4.78, 5) is 11.4. The minimum absolute atomic E-state index is 0.0269. The van der Waals surface area contributed by atoms with Gasteiger partial charge in [0.15, 0.2) is 12.8 Å². The maximum Gasteiger partial charge on any atom is 0.220 e. The summed E-state index contributed by atoms with van der Waals surface area (Å²) in [6.07, 6.45) is 4.75. The normalized spacial score (nSPS) is 27.9. The standard InChI is InChI=1S/C18H26N2O7/c1-3-4-5-6-8-20-9-7-13(27-20)11-25-18-15(19-12(2)22)17(24)16(23)14(10-21)26-18/h1,7,9,14-18,21,23-24H,4-6,8,10-11H2,2H3/p+1/t14?,15?,16-,17-,18-/m1/s1. The smallest absolute Gasteiger partial charge is 0.220 e. The Morgan fingerprint density at radius 3 is 2.85 bits per heavy atom. The molecule has 0 aliphatic carbocycles. The molecule has 9 nitrogen and oxygen atoms in total. The molecule has 0 saturated carbocycles. The van der Waals surface area contributed by atoms with Crippen LogP contribution in [0, 0.1) is 12.3 Å². The molecule has 2 rings (SSSR count). The van der Waals surface area contributed by atoms with Gasteiger partial charge in [-0.05, 0) is 11.2 Å². The number of nitrogens with zero attached hydrogens (tertiary/aromatic N) is 1. The quantitative estimate of drug-likeness (QED) is 0.241. The van der Waals surface area contributed by atoms with Crippen molar-refractivity contribution >= 4 is 5.91 Å². The number of amides is 1. The monoisotopic (exact) mass is 383 g/mol. The zero-order valence-corrected chi connectivity index (χ0v) is 15.3. The van der Waals surface area contributed by atoms with Crippen molar-refractivity contribution in [3.63, 3.8) is 0 Å². The van der Waals surface area contributed by atoms with E-state index in [1.165, 1.54) is 6.92 Å². The van der Waals surface area contributed by atoms with Gasteiger partial charge in [0, 0.05) is 19.8 Å². The number of hydrogen-bond acceptors (Lipinski definition) is 7. The summed E-state index contributed by atoms with van der Waals surface area (Å²) >= 11 is 0. The lowest BCUT2D eigenvalue weighted by Crippen LogP contribution is -2.64. The number of rotatable bonds is 9. The van der Waals surface area contributed by atoms with E-state index in [0.717, 1.165) is 19.3 Å². The fourth-order valence-corrected chi connectivity index (χ4v) is 2.84. The highest BCUT2D eigenvalue weighted by Gasteiger charge is 2.45. The van der Waals surface area contributed by atoms with Gasteiger partial charge in [0.2, 0.25) is 17.9 Å². The number of aliphatic hydroxyl groups excluding tert-OH is 3. The van der Waals surface area contributed by atoms with Gasteiger partial charge < -0.3 is 30.1 Å². The number of ether oxygens (including phenoxy) is 2. The molecule has 1 fully saturated rings.